The molecule has 0 aliphatic heterocycles. The fourth-order valence-electron chi connectivity index (χ4n) is 1.85. The highest BCUT2D eigenvalue weighted by Gasteiger charge is 2.25. The van der Waals surface area contributed by atoms with Crippen molar-refractivity contribution in [2.45, 2.75) is 60.0 Å². The Bertz CT molecular complexity index is 352. The van der Waals surface area contributed by atoms with E-state index in [9.17, 15) is 0 Å². The maximum atomic E-state index is 5.70. The van der Waals surface area contributed by atoms with Crippen LogP contribution in [0.5, 0.6) is 0 Å². The summed E-state index contributed by atoms with van der Waals surface area (Å²) in [5.41, 5.74) is 5.90. The molecule has 16 heavy (non-hydrogen) atoms. The van der Waals surface area contributed by atoms with Crippen molar-refractivity contribution in [1.29, 1.82) is 0 Å². The molecule has 0 aliphatic carbocycles. The summed E-state index contributed by atoms with van der Waals surface area (Å²) in [5.74, 6) is 1.90. The van der Waals surface area contributed by atoms with Gasteiger partial charge in [0.15, 0.2) is 0 Å². The van der Waals surface area contributed by atoms with Crippen molar-refractivity contribution in [3.8, 4) is 0 Å². The van der Waals surface area contributed by atoms with Crippen LogP contribution in [0.1, 0.15) is 53.2 Å². The Morgan fingerprint density at radius 2 is 1.50 bits per heavy atom. The van der Waals surface area contributed by atoms with Gasteiger partial charge in [-0.15, -0.1) is 10.2 Å². The summed E-state index contributed by atoms with van der Waals surface area (Å²) < 4.78 is 2.16. The monoisotopic (exact) mass is 224 g/mol. The van der Waals surface area contributed by atoms with E-state index in [-0.39, 0.29) is 11.0 Å². The molecule has 1 aromatic rings. The number of hydrogen-bond donors (Lipinski definition) is 1. The molecule has 0 bridgehead atoms. The number of hydrogen-bond acceptors (Lipinski definition) is 3. The quantitative estimate of drug-likeness (QED) is 0.836. The third-order valence-electron chi connectivity index (χ3n) is 2.34. The van der Waals surface area contributed by atoms with Gasteiger partial charge >= 0.3 is 0 Å². The highest BCUT2D eigenvalue weighted by atomic mass is 15.3. The molecule has 1 aromatic heterocycles. The van der Waals surface area contributed by atoms with E-state index < -0.39 is 0 Å². The lowest BCUT2D eigenvalue weighted by molar-refractivity contribution is 0.335. The molecule has 0 spiro atoms. The molecule has 0 aromatic carbocycles. The van der Waals surface area contributed by atoms with Gasteiger partial charge < -0.3 is 10.3 Å². The molecular formula is C12H24N4. The zero-order chi connectivity index (χ0) is 12.6. The Hall–Kier alpha value is -0.900. The maximum Gasteiger partial charge on any atom is 0.147 e. The average Bonchev–Trinajstić information content (AvgIpc) is 2.43. The van der Waals surface area contributed by atoms with Gasteiger partial charge in [-0.25, -0.2) is 0 Å². The van der Waals surface area contributed by atoms with Crippen LogP contribution >= 0.6 is 0 Å². The first-order valence-electron chi connectivity index (χ1n) is 5.79. The summed E-state index contributed by atoms with van der Waals surface area (Å²) >= 11 is 0. The van der Waals surface area contributed by atoms with Gasteiger partial charge in [-0.2, -0.15) is 0 Å². The second-order valence-corrected chi connectivity index (χ2v) is 6.48. The van der Waals surface area contributed by atoms with E-state index in [2.05, 4.69) is 56.3 Å². The maximum absolute atomic E-state index is 5.70. The minimum absolute atomic E-state index is 0.0151. The molecule has 0 radical (unpaired) electrons. The Morgan fingerprint density at radius 1 is 1.00 bits per heavy atom. The van der Waals surface area contributed by atoms with Crippen LogP contribution in [-0.4, -0.2) is 14.8 Å². The molecule has 2 N–H and O–H groups in total. The predicted molar refractivity (Wildman–Crippen MR) is 66.1 cm³/mol. The Balaban J connectivity index is 3.16. The number of nitrogens with zero attached hydrogens (tertiary/aromatic N) is 3. The first-order valence-corrected chi connectivity index (χ1v) is 5.79. The van der Waals surface area contributed by atoms with Crippen LogP contribution in [0.3, 0.4) is 0 Å². The van der Waals surface area contributed by atoms with E-state index in [0.717, 1.165) is 18.1 Å². The van der Waals surface area contributed by atoms with Crippen molar-refractivity contribution >= 4 is 0 Å². The van der Waals surface area contributed by atoms with Gasteiger partial charge in [-0.05, 0) is 26.2 Å². The third kappa shape index (κ3) is 3.04. The first-order chi connectivity index (χ1) is 7.15. The third-order valence-corrected chi connectivity index (χ3v) is 2.34. The van der Waals surface area contributed by atoms with Gasteiger partial charge in [0, 0.05) is 12.0 Å². The van der Waals surface area contributed by atoms with Crippen LogP contribution in [0.4, 0.5) is 0 Å². The SMILES string of the molecule is CC(C)(C)Cc1nnc(CN)n1C(C)(C)C. The first kappa shape index (κ1) is 13.2. The van der Waals surface area contributed by atoms with Gasteiger partial charge in [-0.3, -0.25) is 0 Å². The highest BCUT2D eigenvalue weighted by Crippen LogP contribution is 2.24. The molecule has 0 atom stereocenters. The summed E-state index contributed by atoms with van der Waals surface area (Å²) in [5, 5.41) is 8.44. The van der Waals surface area contributed by atoms with E-state index in [1.165, 1.54) is 0 Å². The molecule has 92 valence electrons. The largest absolute Gasteiger partial charge is 0.324 e. The Morgan fingerprint density at radius 3 is 1.88 bits per heavy atom. The molecule has 0 unspecified atom stereocenters. The van der Waals surface area contributed by atoms with E-state index in [1.807, 2.05) is 0 Å². The van der Waals surface area contributed by atoms with Crippen molar-refractivity contribution in [3.63, 3.8) is 0 Å². The highest BCUT2D eigenvalue weighted by molar-refractivity contribution is 5.02. The molecule has 0 saturated carbocycles. The van der Waals surface area contributed by atoms with Crippen LogP contribution in [0.15, 0.2) is 0 Å². The van der Waals surface area contributed by atoms with Crippen LogP contribution in [0.25, 0.3) is 0 Å². The predicted octanol–water partition coefficient (Wildman–Crippen LogP) is 2.08. The molecular weight excluding hydrogens is 200 g/mol. The summed E-state index contributed by atoms with van der Waals surface area (Å²) in [7, 11) is 0. The normalized spacial score (nSPS) is 13.2. The van der Waals surface area contributed by atoms with Crippen molar-refractivity contribution in [2.75, 3.05) is 0 Å². The van der Waals surface area contributed by atoms with Gasteiger partial charge in [0.25, 0.3) is 0 Å². The fraction of sp³-hybridized carbons (Fsp3) is 0.833. The van der Waals surface area contributed by atoms with E-state index in [1.54, 1.807) is 0 Å². The Kier molecular flexibility index (Phi) is 3.43. The zero-order valence-electron chi connectivity index (χ0n) is 11.3. The van der Waals surface area contributed by atoms with Crippen LogP contribution in [0, 0.1) is 5.41 Å². The van der Waals surface area contributed by atoms with Crippen LogP contribution in [-0.2, 0) is 18.5 Å². The lowest BCUT2D eigenvalue weighted by Crippen LogP contribution is -2.29. The summed E-state index contributed by atoms with van der Waals surface area (Å²) in [6.45, 7) is 13.5. The molecule has 0 fully saturated rings. The number of aromatic nitrogens is 3. The second kappa shape index (κ2) is 4.17. The minimum atomic E-state index is -0.0151. The van der Waals surface area contributed by atoms with Crippen molar-refractivity contribution in [1.82, 2.24) is 14.8 Å². The molecule has 1 rings (SSSR count). The van der Waals surface area contributed by atoms with Crippen molar-refractivity contribution in [2.24, 2.45) is 11.1 Å². The fourth-order valence-corrected chi connectivity index (χ4v) is 1.85. The van der Waals surface area contributed by atoms with Crippen molar-refractivity contribution in [3.05, 3.63) is 11.6 Å². The molecule has 0 aliphatic rings. The van der Waals surface area contributed by atoms with Gasteiger partial charge in [0.1, 0.15) is 11.6 Å². The lowest BCUT2D eigenvalue weighted by atomic mass is 9.91. The molecule has 4 heteroatoms. The molecule has 0 saturated heterocycles. The van der Waals surface area contributed by atoms with Gasteiger partial charge in [0.2, 0.25) is 0 Å². The van der Waals surface area contributed by atoms with Crippen LogP contribution in [0.2, 0.25) is 0 Å². The summed E-state index contributed by atoms with van der Waals surface area (Å²) in [6, 6.07) is 0. The Labute approximate surface area is 98.2 Å². The molecule has 4 nitrogen and oxygen atoms in total. The smallest absolute Gasteiger partial charge is 0.147 e. The lowest BCUT2D eigenvalue weighted by Gasteiger charge is -2.27. The number of nitrogens with two attached hydrogens (primary N) is 1. The van der Waals surface area contributed by atoms with Crippen molar-refractivity contribution < 1.29 is 0 Å². The van der Waals surface area contributed by atoms with Gasteiger partial charge in [-0.1, -0.05) is 20.8 Å². The molecule has 0 amide bonds. The zero-order valence-corrected chi connectivity index (χ0v) is 11.3. The average molecular weight is 224 g/mol. The summed E-state index contributed by atoms with van der Waals surface area (Å²) in [4.78, 5) is 0. The molecule has 1 heterocycles. The van der Waals surface area contributed by atoms with E-state index >= 15 is 0 Å². The van der Waals surface area contributed by atoms with Gasteiger partial charge in [0.05, 0.1) is 6.54 Å². The van der Waals surface area contributed by atoms with Crippen LogP contribution < -0.4 is 5.73 Å². The standard InChI is InChI=1S/C12H24N4/c1-11(2,3)7-9-14-15-10(8-13)16(9)12(4,5)6/h7-8,13H2,1-6H3. The topological polar surface area (TPSA) is 56.7 Å². The van der Waals surface area contributed by atoms with E-state index in [4.69, 9.17) is 5.73 Å². The number of rotatable bonds is 2. The summed E-state index contributed by atoms with van der Waals surface area (Å²) in [6.07, 6.45) is 0.914. The minimum Gasteiger partial charge on any atom is -0.324 e. The van der Waals surface area contributed by atoms with E-state index in [0.29, 0.717) is 6.54 Å². The second-order valence-electron chi connectivity index (χ2n) is 6.48.